The van der Waals surface area contributed by atoms with E-state index in [-0.39, 0.29) is 6.04 Å². The van der Waals surface area contributed by atoms with Gasteiger partial charge in [-0.1, -0.05) is 11.6 Å². The van der Waals surface area contributed by atoms with Crippen molar-refractivity contribution in [2.24, 2.45) is 11.7 Å². The molecule has 1 aromatic rings. The average Bonchev–Trinajstić information content (AvgIpc) is 2.99. The lowest BCUT2D eigenvalue weighted by molar-refractivity contribution is 0.413. The molecule has 14 heavy (non-hydrogen) atoms. The number of benzene rings is 1. The minimum atomic E-state index is 0.114. The molecule has 1 aliphatic carbocycles. The van der Waals surface area contributed by atoms with Crippen LogP contribution in [0.4, 0.5) is 0 Å². The van der Waals surface area contributed by atoms with Crippen LogP contribution in [-0.2, 0) is 0 Å². The Morgan fingerprint density at radius 3 is 2.71 bits per heavy atom. The maximum absolute atomic E-state index is 6.08. The van der Waals surface area contributed by atoms with Crippen molar-refractivity contribution in [3.8, 4) is 5.75 Å². The van der Waals surface area contributed by atoms with Gasteiger partial charge in [-0.05, 0) is 42.5 Å². The van der Waals surface area contributed by atoms with Gasteiger partial charge in [-0.25, -0.2) is 0 Å². The van der Waals surface area contributed by atoms with E-state index in [0.717, 1.165) is 11.3 Å². The van der Waals surface area contributed by atoms with E-state index in [1.807, 2.05) is 12.1 Å². The molecule has 0 heterocycles. The Morgan fingerprint density at radius 1 is 1.43 bits per heavy atom. The number of rotatable bonds is 3. The second-order valence-corrected chi connectivity index (χ2v) is 4.22. The first-order valence-electron chi connectivity index (χ1n) is 4.81. The Labute approximate surface area is 89.0 Å². The van der Waals surface area contributed by atoms with Crippen LogP contribution in [0.3, 0.4) is 0 Å². The Kier molecular flexibility index (Phi) is 2.66. The smallest absolute Gasteiger partial charge is 0.120 e. The molecule has 0 spiro atoms. The molecule has 1 fully saturated rings. The Morgan fingerprint density at radius 2 is 2.14 bits per heavy atom. The molecule has 0 unspecified atom stereocenters. The van der Waals surface area contributed by atoms with Crippen molar-refractivity contribution in [3.05, 3.63) is 28.8 Å². The van der Waals surface area contributed by atoms with Crippen LogP contribution in [0.1, 0.15) is 24.4 Å². The molecule has 0 bridgehead atoms. The summed E-state index contributed by atoms with van der Waals surface area (Å²) in [5, 5.41) is 0.690. The predicted molar refractivity (Wildman–Crippen MR) is 57.7 cm³/mol. The van der Waals surface area contributed by atoms with Gasteiger partial charge < -0.3 is 10.5 Å². The number of methoxy groups -OCH3 is 1. The highest BCUT2D eigenvalue weighted by Crippen LogP contribution is 2.40. The summed E-state index contributed by atoms with van der Waals surface area (Å²) in [5.41, 5.74) is 7.16. The van der Waals surface area contributed by atoms with E-state index >= 15 is 0 Å². The van der Waals surface area contributed by atoms with Gasteiger partial charge in [0.05, 0.1) is 7.11 Å². The molecule has 0 aliphatic heterocycles. The summed E-state index contributed by atoms with van der Waals surface area (Å²) in [4.78, 5) is 0. The molecule has 2 rings (SSSR count). The van der Waals surface area contributed by atoms with E-state index in [0.29, 0.717) is 10.9 Å². The number of ether oxygens (including phenoxy) is 1. The molecule has 0 radical (unpaired) electrons. The highest BCUT2D eigenvalue weighted by molar-refractivity contribution is 6.30. The van der Waals surface area contributed by atoms with Crippen molar-refractivity contribution < 1.29 is 4.74 Å². The summed E-state index contributed by atoms with van der Waals surface area (Å²) in [7, 11) is 1.64. The zero-order valence-corrected chi connectivity index (χ0v) is 8.92. The van der Waals surface area contributed by atoms with Crippen LogP contribution < -0.4 is 10.5 Å². The van der Waals surface area contributed by atoms with Crippen LogP contribution in [0.2, 0.25) is 5.02 Å². The fraction of sp³-hybridized carbons (Fsp3) is 0.455. The van der Waals surface area contributed by atoms with E-state index in [1.54, 1.807) is 13.2 Å². The van der Waals surface area contributed by atoms with Gasteiger partial charge >= 0.3 is 0 Å². The molecule has 1 aliphatic rings. The van der Waals surface area contributed by atoms with Crippen LogP contribution in [0.5, 0.6) is 5.75 Å². The largest absolute Gasteiger partial charge is 0.497 e. The lowest BCUT2D eigenvalue weighted by atomic mass is 10.0. The van der Waals surface area contributed by atoms with E-state index < -0.39 is 0 Å². The quantitative estimate of drug-likeness (QED) is 0.835. The minimum absolute atomic E-state index is 0.114. The predicted octanol–water partition coefficient (Wildman–Crippen LogP) is 2.76. The van der Waals surface area contributed by atoms with E-state index in [2.05, 4.69) is 0 Å². The molecule has 2 N–H and O–H groups in total. The summed E-state index contributed by atoms with van der Waals surface area (Å²) in [6, 6.07) is 5.80. The lowest BCUT2D eigenvalue weighted by Crippen LogP contribution is -2.12. The van der Waals surface area contributed by atoms with Gasteiger partial charge in [0.15, 0.2) is 0 Å². The highest BCUT2D eigenvalue weighted by atomic mass is 35.5. The van der Waals surface area contributed by atoms with Crippen molar-refractivity contribution in [1.82, 2.24) is 0 Å². The summed E-state index contributed by atoms with van der Waals surface area (Å²) in [6.07, 6.45) is 2.46. The van der Waals surface area contributed by atoms with Crippen molar-refractivity contribution in [2.75, 3.05) is 7.11 Å². The fourth-order valence-electron chi connectivity index (χ4n) is 1.62. The molecular weight excluding hydrogens is 198 g/mol. The molecular formula is C11H14ClNO. The van der Waals surface area contributed by atoms with Gasteiger partial charge in [-0.15, -0.1) is 0 Å². The molecule has 0 amide bonds. The van der Waals surface area contributed by atoms with Gasteiger partial charge in [0.25, 0.3) is 0 Å². The first-order chi connectivity index (χ1) is 6.70. The third kappa shape index (κ3) is 2.02. The minimum Gasteiger partial charge on any atom is -0.497 e. The van der Waals surface area contributed by atoms with Crippen molar-refractivity contribution >= 4 is 11.6 Å². The first-order valence-corrected chi connectivity index (χ1v) is 5.18. The van der Waals surface area contributed by atoms with E-state index in [4.69, 9.17) is 22.1 Å². The van der Waals surface area contributed by atoms with Gasteiger partial charge in [-0.2, -0.15) is 0 Å². The number of nitrogens with two attached hydrogens (primary N) is 1. The SMILES string of the molecule is COc1cc(Cl)cc([C@@H](N)C2CC2)c1. The van der Waals surface area contributed by atoms with Crippen LogP contribution in [0.15, 0.2) is 18.2 Å². The van der Waals surface area contributed by atoms with Gasteiger partial charge in [0, 0.05) is 11.1 Å². The molecule has 1 atom stereocenters. The number of hydrogen-bond acceptors (Lipinski definition) is 2. The molecule has 0 saturated heterocycles. The fourth-order valence-corrected chi connectivity index (χ4v) is 1.86. The number of hydrogen-bond donors (Lipinski definition) is 1. The van der Waals surface area contributed by atoms with Crippen LogP contribution in [-0.4, -0.2) is 7.11 Å². The third-order valence-corrected chi connectivity index (χ3v) is 2.86. The standard InChI is InChI=1S/C11H14ClNO/c1-14-10-5-8(4-9(12)6-10)11(13)7-2-3-7/h4-7,11H,2-3,13H2,1H3/t11-/m0/s1. The Balaban J connectivity index is 2.27. The topological polar surface area (TPSA) is 35.2 Å². The first kappa shape index (κ1) is 9.81. The maximum Gasteiger partial charge on any atom is 0.120 e. The summed E-state index contributed by atoms with van der Waals surface area (Å²) < 4.78 is 5.15. The van der Waals surface area contributed by atoms with Crippen LogP contribution in [0.25, 0.3) is 0 Å². The highest BCUT2D eigenvalue weighted by Gasteiger charge is 2.29. The van der Waals surface area contributed by atoms with E-state index in [1.165, 1.54) is 12.8 Å². The van der Waals surface area contributed by atoms with Crippen molar-refractivity contribution in [1.29, 1.82) is 0 Å². The van der Waals surface area contributed by atoms with Crippen LogP contribution >= 0.6 is 11.6 Å². The van der Waals surface area contributed by atoms with Crippen molar-refractivity contribution in [2.45, 2.75) is 18.9 Å². The summed E-state index contributed by atoms with van der Waals surface area (Å²) in [5.74, 6) is 1.42. The molecule has 2 nitrogen and oxygen atoms in total. The Bertz CT molecular complexity index is 336. The van der Waals surface area contributed by atoms with Gasteiger partial charge in [-0.3, -0.25) is 0 Å². The molecule has 1 saturated carbocycles. The molecule has 76 valence electrons. The normalized spacial score (nSPS) is 17.9. The maximum atomic E-state index is 6.08. The van der Waals surface area contributed by atoms with E-state index in [9.17, 15) is 0 Å². The summed E-state index contributed by atoms with van der Waals surface area (Å²) >= 11 is 5.96. The molecule has 0 aromatic heterocycles. The zero-order valence-electron chi connectivity index (χ0n) is 8.16. The zero-order chi connectivity index (χ0) is 10.1. The van der Waals surface area contributed by atoms with Gasteiger partial charge in [0.1, 0.15) is 5.75 Å². The third-order valence-electron chi connectivity index (χ3n) is 2.64. The molecule has 1 aromatic carbocycles. The summed E-state index contributed by atoms with van der Waals surface area (Å²) in [6.45, 7) is 0. The monoisotopic (exact) mass is 211 g/mol. The Hall–Kier alpha value is -0.730. The molecule has 3 heteroatoms. The second-order valence-electron chi connectivity index (χ2n) is 3.79. The second kappa shape index (κ2) is 3.79. The van der Waals surface area contributed by atoms with Crippen molar-refractivity contribution in [3.63, 3.8) is 0 Å². The number of halogens is 1. The average molecular weight is 212 g/mol. The van der Waals surface area contributed by atoms with Crippen LogP contribution in [0, 0.1) is 5.92 Å². The van der Waals surface area contributed by atoms with Gasteiger partial charge in [0.2, 0.25) is 0 Å². The lowest BCUT2D eigenvalue weighted by Gasteiger charge is -2.12.